The van der Waals surface area contributed by atoms with E-state index >= 15 is 0 Å². The largest absolute Gasteiger partial charge is 0.379 e. The lowest BCUT2D eigenvalue weighted by Gasteiger charge is -2.40. The average Bonchev–Trinajstić information content (AvgIpc) is 2.48. The van der Waals surface area contributed by atoms with Crippen molar-refractivity contribution >= 4 is 5.91 Å². The highest BCUT2D eigenvalue weighted by Gasteiger charge is 2.28. The van der Waals surface area contributed by atoms with Crippen LogP contribution in [0.4, 0.5) is 4.39 Å². The minimum Gasteiger partial charge on any atom is -0.379 e. The van der Waals surface area contributed by atoms with Crippen molar-refractivity contribution in [3.8, 4) is 0 Å². The molecule has 0 unspecified atom stereocenters. The molecule has 1 heterocycles. The van der Waals surface area contributed by atoms with Crippen LogP contribution in [0.5, 0.6) is 0 Å². The number of carbonyl (C=O) groups is 1. The van der Waals surface area contributed by atoms with Gasteiger partial charge in [-0.25, -0.2) is 4.39 Å². The summed E-state index contributed by atoms with van der Waals surface area (Å²) in [4.78, 5) is 14.4. The van der Waals surface area contributed by atoms with Crippen LogP contribution in [0.1, 0.15) is 29.8 Å². The lowest BCUT2D eigenvalue weighted by Crippen LogP contribution is -2.55. The Balaban J connectivity index is 1.98. The van der Waals surface area contributed by atoms with Gasteiger partial charge in [0.25, 0.3) is 5.91 Å². The molecule has 1 aliphatic heterocycles. The van der Waals surface area contributed by atoms with E-state index in [2.05, 4.69) is 24.1 Å². The second-order valence-electron chi connectivity index (χ2n) is 6.08. The molecule has 1 aliphatic rings. The van der Waals surface area contributed by atoms with E-state index in [4.69, 9.17) is 4.74 Å². The summed E-state index contributed by atoms with van der Waals surface area (Å²) >= 11 is 0. The van der Waals surface area contributed by atoms with Crippen LogP contribution in [0.15, 0.2) is 18.2 Å². The van der Waals surface area contributed by atoms with Crippen molar-refractivity contribution in [2.45, 2.75) is 26.3 Å². The zero-order valence-electron chi connectivity index (χ0n) is 12.9. The van der Waals surface area contributed by atoms with E-state index in [1.54, 1.807) is 12.1 Å². The topological polar surface area (TPSA) is 41.6 Å². The number of hydrogen-bond donors (Lipinski definition) is 1. The number of benzene rings is 1. The Kier molecular flexibility index (Phi) is 4.96. The maximum atomic E-state index is 13.7. The Morgan fingerprint density at radius 1 is 1.38 bits per heavy atom. The number of rotatable bonds is 4. The van der Waals surface area contributed by atoms with Crippen LogP contribution < -0.4 is 5.32 Å². The molecule has 0 saturated carbocycles. The molecule has 2 rings (SSSR count). The minimum atomic E-state index is -0.484. The molecule has 1 aromatic carbocycles. The van der Waals surface area contributed by atoms with Gasteiger partial charge in [0.15, 0.2) is 0 Å². The smallest absolute Gasteiger partial charge is 0.254 e. The summed E-state index contributed by atoms with van der Waals surface area (Å²) in [6.45, 7) is 9.58. The first kappa shape index (κ1) is 15.9. The quantitative estimate of drug-likeness (QED) is 0.923. The van der Waals surface area contributed by atoms with Crippen molar-refractivity contribution in [1.29, 1.82) is 0 Å². The molecule has 1 N–H and O–H groups in total. The second-order valence-corrected chi connectivity index (χ2v) is 6.08. The molecular weight excluding hydrogens is 271 g/mol. The number of nitrogens with zero attached hydrogens (tertiary/aromatic N) is 1. The minimum absolute atomic E-state index is 0.104. The number of aryl methyl sites for hydroxylation is 1. The normalized spacial score (nSPS) is 16.8. The number of morpholine rings is 1. The fourth-order valence-electron chi connectivity index (χ4n) is 2.49. The highest BCUT2D eigenvalue weighted by molar-refractivity contribution is 5.94. The van der Waals surface area contributed by atoms with Crippen molar-refractivity contribution in [3.05, 3.63) is 35.1 Å². The van der Waals surface area contributed by atoms with Crippen LogP contribution in [0, 0.1) is 12.7 Å². The molecule has 0 spiro atoms. The lowest BCUT2D eigenvalue weighted by molar-refractivity contribution is -0.00924. The van der Waals surface area contributed by atoms with Crippen molar-refractivity contribution in [1.82, 2.24) is 10.2 Å². The molecular formula is C16H23FN2O2. The van der Waals surface area contributed by atoms with Crippen LogP contribution in [0.25, 0.3) is 0 Å². The molecule has 1 aromatic rings. The zero-order chi connectivity index (χ0) is 15.5. The van der Waals surface area contributed by atoms with Gasteiger partial charge in [0.05, 0.1) is 18.8 Å². The summed E-state index contributed by atoms with van der Waals surface area (Å²) in [5.41, 5.74) is 0.793. The van der Waals surface area contributed by atoms with Crippen LogP contribution in [-0.2, 0) is 4.74 Å². The molecule has 21 heavy (non-hydrogen) atoms. The monoisotopic (exact) mass is 294 g/mol. The molecule has 1 fully saturated rings. The second kappa shape index (κ2) is 6.54. The van der Waals surface area contributed by atoms with E-state index in [0.29, 0.717) is 19.8 Å². The van der Waals surface area contributed by atoms with Gasteiger partial charge in [-0.3, -0.25) is 9.69 Å². The fraction of sp³-hybridized carbons (Fsp3) is 0.562. The summed E-state index contributed by atoms with van der Waals surface area (Å²) in [6, 6.07) is 4.56. The van der Waals surface area contributed by atoms with Crippen LogP contribution in [0.3, 0.4) is 0 Å². The summed E-state index contributed by atoms with van der Waals surface area (Å²) < 4.78 is 19.0. The Morgan fingerprint density at radius 3 is 2.71 bits per heavy atom. The Morgan fingerprint density at radius 2 is 2.05 bits per heavy atom. The van der Waals surface area contributed by atoms with Gasteiger partial charge < -0.3 is 10.1 Å². The van der Waals surface area contributed by atoms with Crippen LogP contribution in [-0.4, -0.2) is 49.2 Å². The van der Waals surface area contributed by atoms with Crippen molar-refractivity contribution in [2.75, 3.05) is 32.8 Å². The summed E-state index contributed by atoms with van der Waals surface area (Å²) in [5.74, 6) is -0.847. The molecule has 0 aromatic heterocycles. The number of halogens is 1. The first-order chi connectivity index (χ1) is 9.90. The van der Waals surface area contributed by atoms with E-state index in [1.165, 1.54) is 6.07 Å². The van der Waals surface area contributed by atoms with Crippen LogP contribution in [0.2, 0.25) is 0 Å². The first-order valence-electron chi connectivity index (χ1n) is 7.27. The predicted octanol–water partition coefficient (Wildman–Crippen LogP) is 1.97. The summed E-state index contributed by atoms with van der Waals surface area (Å²) in [5, 5.41) is 2.84. The van der Waals surface area contributed by atoms with Gasteiger partial charge >= 0.3 is 0 Å². The van der Waals surface area contributed by atoms with Gasteiger partial charge in [-0.05, 0) is 32.9 Å². The summed E-state index contributed by atoms with van der Waals surface area (Å²) in [7, 11) is 0. The molecule has 0 bridgehead atoms. The number of nitrogens with one attached hydrogen (secondary N) is 1. The van der Waals surface area contributed by atoms with Gasteiger partial charge in [0.2, 0.25) is 0 Å². The Bertz CT molecular complexity index is 511. The maximum absolute atomic E-state index is 13.7. The number of amides is 1. The fourth-order valence-corrected chi connectivity index (χ4v) is 2.49. The molecule has 116 valence electrons. The molecule has 5 heteroatoms. The third-order valence-electron chi connectivity index (χ3n) is 3.92. The van der Waals surface area contributed by atoms with E-state index in [-0.39, 0.29) is 17.0 Å². The molecule has 1 saturated heterocycles. The van der Waals surface area contributed by atoms with Gasteiger partial charge in [-0.1, -0.05) is 11.6 Å². The van der Waals surface area contributed by atoms with Crippen molar-refractivity contribution in [3.63, 3.8) is 0 Å². The van der Waals surface area contributed by atoms with E-state index in [1.807, 2.05) is 6.92 Å². The number of hydrogen-bond acceptors (Lipinski definition) is 3. The third-order valence-corrected chi connectivity index (χ3v) is 3.92. The number of ether oxygens (including phenoxy) is 1. The highest BCUT2D eigenvalue weighted by Crippen LogP contribution is 2.16. The molecule has 0 aliphatic carbocycles. The average molecular weight is 294 g/mol. The maximum Gasteiger partial charge on any atom is 0.254 e. The van der Waals surface area contributed by atoms with Gasteiger partial charge in [0, 0.05) is 25.2 Å². The lowest BCUT2D eigenvalue weighted by atomic mass is 10.0. The number of carbonyl (C=O) groups excluding carboxylic acids is 1. The van der Waals surface area contributed by atoms with Crippen molar-refractivity contribution < 1.29 is 13.9 Å². The third kappa shape index (κ3) is 4.02. The molecule has 4 nitrogen and oxygen atoms in total. The molecule has 1 amide bonds. The molecule has 0 atom stereocenters. The highest BCUT2D eigenvalue weighted by atomic mass is 19.1. The van der Waals surface area contributed by atoms with E-state index in [9.17, 15) is 9.18 Å². The van der Waals surface area contributed by atoms with Gasteiger partial charge in [-0.15, -0.1) is 0 Å². The standard InChI is InChI=1S/C16H23FN2O2/c1-12-4-5-14(17)13(10-12)15(20)18-11-16(2,3)19-6-8-21-9-7-19/h4-5,10H,6-9,11H2,1-3H3,(H,18,20). The Labute approximate surface area is 125 Å². The van der Waals surface area contributed by atoms with Crippen molar-refractivity contribution in [2.24, 2.45) is 0 Å². The van der Waals surface area contributed by atoms with Gasteiger partial charge in [-0.2, -0.15) is 0 Å². The van der Waals surface area contributed by atoms with Crippen LogP contribution >= 0.6 is 0 Å². The SMILES string of the molecule is Cc1ccc(F)c(C(=O)NCC(C)(C)N2CCOCC2)c1. The first-order valence-corrected chi connectivity index (χ1v) is 7.27. The summed E-state index contributed by atoms with van der Waals surface area (Å²) in [6.07, 6.45) is 0. The predicted molar refractivity (Wildman–Crippen MR) is 79.9 cm³/mol. The van der Waals surface area contributed by atoms with Gasteiger partial charge in [0.1, 0.15) is 5.82 Å². The molecule has 0 radical (unpaired) electrons. The zero-order valence-corrected chi connectivity index (χ0v) is 12.9. The van der Waals surface area contributed by atoms with E-state index in [0.717, 1.165) is 18.7 Å². The van der Waals surface area contributed by atoms with E-state index < -0.39 is 5.82 Å². The Hall–Kier alpha value is -1.46.